The number of nitrogens with one attached hydrogen (secondary N) is 1. The maximum absolute atomic E-state index is 12.4. The summed E-state index contributed by atoms with van der Waals surface area (Å²) in [6.07, 6.45) is 1.96. The lowest BCUT2D eigenvalue weighted by Gasteiger charge is -2.38. The molecule has 0 aliphatic carbocycles. The number of hydrogen-bond donors (Lipinski definition) is 1. The average molecular weight is 397 g/mol. The molecule has 1 aromatic rings. The van der Waals surface area contributed by atoms with Gasteiger partial charge in [0.25, 0.3) is 0 Å². The van der Waals surface area contributed by atoms with Crippen molar-refractivity contribution in [3.8, 4) is 0 Å². The molecule has 1 amide bonds. The fourth-order valence-corrected chi connectivity index (χ4v) is 3.94. The van der Waals surface area contributed by atoms with Crippen LogP contribution >= 0.6 is 15.9 Å². The molecule has 0 aromatic heterocycles. The topological polar surface area (TPSA) is 41.6 Å². The van der Waals surface area contributed by atoms with E-state index in [4.69, 9.17) is 4.74 Å². The van der Waals surface area contributed by atoms with Crippen molar-refractivity contribution >= 4 is 22.0 Å². The van der Waals surface area contributed by atoms with Crippen LogP contribution in [0.4, 0.5) is 4.79 Å². The van der Waals surface area contributed by atoms with Crippen LogP contribution in [0.25, 0.3) is 0 Å². The number of nitrogens with zero attached hydrogens (tertiary/aromatic N) is 1. The summed E-state index contributed by atoms with van der Waals surface area (Å²) in [6, 6.07) is 8.39. The van der Waals surface area contributed by atoms with Crippen LogP contribution in [0.2, 0.25) is 0 Å². The Morgan fingerprint density at radius 1 is 1.42 bits per heavy atom. The number of benzene rings is 1. The number of hydrogen-bond acceptors (Lipinski definition) is 3. The highest BCUT2D eigenvalue weighted by atomic mass is 79.9. The molecular formula is C19H29BrN2O2. The van der Waals surface area contributed by atoms with Crippen LogP contribution in [0.15, 0.2) is 28.7 Å². The summed E-state index contributed by atoms with van der Waals surface area (Å²) >= 11 is 3.68. The number of likely N-dealkylation sites (tertiary alicyclic amines) is 1. The van der Waals surface area contributed by atoms with Crippen LogP contribution in [0.1, 0.15) is 45.1 Å². The molecule has 0 saturated carbocycles. The van der Waals surface area contributed by atoms with Gasteiger partial charge in [-0.3, -0.25) is 0 Å². The van der Waals surface area contributed by atoms with Gasteiger partial charge in [0.05, 0.1) is 0 Å². The number of piperidine rings is 1. The molecule has 0 radical (unpaired) electrons. The number of ether oxygens (including phenoxy) is 1. The molecule has 1 fully saturated rings. The van der Waals surface area contributed by atoms with E-state index in [2.05, 4.69) is 39.4 Å². The quantitative estimate of drug-likeness (QED) is 0.819. The second-order valence-electron chi connectivity index (χ2n) is 7.51. The molecule has 1 aromatic carbocycles. The summed E-state index contributed by atoms with van der Waals surface area (Å²) in [6.45, 7) is 8.18. The first kappa shape index (κ1) is 19.3. The Hall–Kier alpha value is -1.07. The van der Waals surface area contributed by atoms with E-state index in [-0.39, 0.29) is 6.09 Å². The number of carbonyl (C=O) groups excluding carboxylic acids is 1. The fraction of sp³-hybridized carbons (Fsp3) is 0.632. The van der Waals surface area contributed by atoms with Gasteiger partial charge in [-0.05, 0) is 58.2 Å². The van der Waals surface area contributed by atoms with Gasteiger partial charge in [-0.2, -0.15) is 0 Å². The van der Waals surface area contributed by atoms with Crippen molar-refractivity contribution in [3.05, 3.63) is 34.3 Å². The summed E-state index contributed by atoms with van der Waals surface area (Å²) < 4.78 is 6.70. The predicted octanol–water partition coefficient (Wildman–Crippen LogP) is 4.40. The van der Waals surface area contributed by atoms with Crippen LogP contribution < -0.4 is 5.32 Å². The van der Waals surface area contributed by atoms with Gasteiger partial charge in [-0.25, -0.2) is 4.79 Å². The van der Waals surface area contributed by atoms with Gasteiger partial charge >= 0.3 is 6.09 Å². The SMILES string of the molecule is CNCC(c1ccccc1Br)C1CCCN(C(=O)OC(C)(C)C)C1. The van der Waals surface area contributed by atoms with E-state index in [1.165, 1.54) is 5.56 Å². The summed E-state index contributed by atoms with van der Waals surface area (Å²) in [5.41, 5.74) is 0.861. The van der Waals surface area contributed by atoms with E-state index < -0.39 is 5.60 Å². The zero-order valence-corrected chi connectivity index (χ0v) is 16.7. The largest absolute Gasteiger partial charge is 0.444 e. The molecule has 1 N–H and O–H groups in total. The molecule has 1 saturated heterocycles. The normalized spacial score (nSPS) is 19.9. The lowest BCUT2D eigenvalue weighted by Crippen LogP contribution is -2.45. The van der Waals surface area contributed by atoms with Crippen molar-refractivity contribution in [2.75, 3.05) is 26.7 Å². The summed E-state index contributed by atoms with van der Waals surface area (Å²) in [5.74, 6) is 0.799. The Balaban J connectivity index is 2.13. The van der Waals surface area contributed by atoms with E-state index in [0.717, 1.165) is 36.9 Å². The molecule has 0 bridgehead atoms. The lowest BCUT2D eigenvalue weighted by molar-refractivity contribution is 0.0151. The molecule has 2 atom stereocenters. The Kier molecular flexibility index (Phi) is 6.70. The number of likely N-dealkylation sites (N-methyl/N-ethyl adjacent to an activating group) is 1. The minimum absolute atomic E-state index is 0.192. The third kappa shape index (κ3) is 5.21. The van der Waals surface area contributed by atoms with Crippen LogP contribution in [0.3, 0.4) is 0 Å². The first-order valence-electron chi connectivity index (χ1n) is 8.69. The van der Waals surface area contributed by atoms with Crippen molar-refractivity contribution in [1.82, 2.24) is 10.2 Å². The molecule has 4 nitrogen and oxygen atoms in total. The number of halogens is 1. The monoisotopic (exact) mass is 396 g/mol. The van der Waals surface area contributed by atoms with Crippen molar-refractivity contribution < 1.29 is 9.53 Å². The van der Waals surface area contributed by atoms with Crippen LogP contribution in [-0.2, 0) is 4.74 Å². The maximum Gasteiger partial charge on any atom is 0.410 e. The highest BCUT2D eigenvalue weighted by Crippen LogP contribution is 2.35. The van der Waals surface area contributed by atoms with E-state index in [1.807, 2.05) is 38.8 Å². The molecule has 0 spiro atoms. The van der Waals surface area contributed by atoms with Gasteiger partial charge in [0.1, 0.15) is 5.60 Å². The van der Waals surface area contributed by atoms with Crippen LogP contribution in [0.5, 0.6) is 0 Å². The van der Waals surface area contributed by atoms with Gasteiger partial charge in [-0.1, -0.05) is 34.1 Å². The number of amides is 1. The molecule has 24 heavy (non-hydrogen) atoms. The second-order valence-corrected chi connectivity index (χ2v) is 8.37. The van der Waals surface area contributed by atoms with Crippen molar-refractivity contribution in [2.24, 2.45) is 5.92 Å². The summed E-state index contributed by atoms with van der Waals surface area (Å²) in [5, 5.41) is 3.32. The van der Waals surface area contributed by atoms with E-state index in [1.54, 1.807) is 0 Å². The van der Waals surface area contributed by atoms with Gasteiger partial charge in [0.15, 0.2) is 0 Å². The lowest BCUT2D eigenvalue weighted by atomic mass is 9.81. The second kappa shape index (κ2) is 8.34. The van der Waals surface area contributed by atoms with Gasteiger partial charge in [0.2, 0.25) is 0 Å². The molecule has 5 heteroatoms. The Bertz CT molecular complexity index is 557. The van der Waals surface area contributed by atoms with Crippen molar-refractivity contribution in [2.45, 2.75) is 45.1 Å². The molecule has 2 rings (SSSR count). The highest BCUT2D eigenvalue weighted by Gasteiger charge is 2.32. The highest BCUT2D eigenvalue weighted by molar-refractivity contribution is 9.10. The predicted molar refractivity (Wildman–Crippen MR) is 101 cm³/mol. The van der Waals surface area contributed by atoms with Crippen molar-refractivity contribution in [3.63, 3.8) is 0 Å². The average Bonchev–Trinajstić information content (AvgIpc) is 2.52. The molecule has 1 aliphatic rings. The standard InChI is InChI=1S/C19H29BrN2O2/c1-19(2,3)24-18(23)22-11-7-8-14(13-22)16(12-21-4)15-9-5-6-10-17(15)20/h5-6,9-10,14,16,21H,7-8,11-13H2,1-4H3. The Labute approximate surface area is 154 Å². The number of rotatable bonds is 4. The first-order valence-corrected chi connectivity index (χ1v) is 9.48. The zero-order valence-electron chi connectivity index (χ0n) is 15.1. The smallest absolute Gasteiger partial charge is 0.410 e. The molecule has 1 aliphatic heterocycles. The zero-order chi connectivity index (χ0) is 17.7. The Morgan fingerprint density at radius 2 is 2.12 bits per heavy atom. The van der Waals surface area contributed by atoms with Gasteiger partial charge in [-0.15, -0.1) is 0 Å². The van der Waals surface area contributed by atoms with Gasteiger partial charge in [0, 0.05) is 30.0 Å². The van der Waals surface area contributed by atoms with Crippen LogP contribution in [0, 0.1) is 5.92 Å². The summed E-state index contributed by atoms with van der Waals surface area (Å²) in [4.78, 5) is 14.3. The fourth-order valence-electron chi connectivity index (χ4n) is 3.36. The summed E-state index contributed by atoms with van der Waals surface area (Å²) in [7, 11) is 1.98. The third-order valence-electron chi connectivity index (χ3n) is 4.41. The third-order valence-corrected chi connectivity index (χ3v) is 5.13. The van der Waals surface area contributed by atoms with Gasteiger partial charge < -0.3 is 15.0 Å². The molecule has 134 valence electrons. The molecule has 1 heterocycles. The molecule has 2 unspecified atom stereocenters. The van der Waals surface area contributed by atoms with E-state index >= 15 is 0 Å². The minimum atomic E-state index is -0.448. The first-order chi connectivity index (χ1) is 11.3. The van der Waals surface area contributed by atoms with Crippen molar-refractivity contribution in [1.29, 1.82) is 0 Å². The maximum atomic E-state index is 12.4. The van der Waals surface area contributed by atoms with Crippen LogP contribution in [-0.4, -0.2) is 43.3 Å². The van der Waals surface area contributed by atoms with E-state index in [9.17, 15) is 4.79 Å². The Morgan fingerprint density at radius 3 is 2.75 bits per heavy atom. The van der Waals surface area contributed by atoms with E-state index in [0.29, 0.717) is 11.8 Å². The molecular weight excluding hydrogens is 368 g/mol. The minimum Gasteiger partial charge on any atom is -0.444 e. The number of carbonyl (C=O) groups is 1.